The molecule has 0 bridgehead atoms. The van der Waals surface area contributed by atoms with Crippen molar-refractivity contribution in [1.29, 1.82) is 10.5 Å². The molecular weight excluding hydrogens is 239 g/mol. The first-order chi connectivity index (χ1) is 8.82. The first-order valence-electron chi connectivity index (χ1n) is 5.90. The molecule has 1 heterocycles. The zero-order valence-corrected chi connectivity index (χ0v) is 11.6. The molecule has 2 rings (SSSR count). The molecule has 0 spiro atoms. The molecule has 1 aromatic carbocycles. The van der Waals surface area contributed by atoms with Gasteiger partial charge in [0, 0.05) is 0 Å². The molecule has 0 aromatic heterocycles. The van der Waals surface area contributed by atoms with Gasteiger partial charge in [-0.1, -0.05) is 6.07 Å². The third-order valence-corrected chi connectivity index (χ3v) is 3.26. The van der Waals surface area contributed by atoms with Crippen molar-refractivity contribution in [1.82, 2.24) is 0 Å². The fraction of sp³-hybridized carbons (Fsp3) is 0.429. The molecule has 19 heavy (non-hydrogen) atoms. The number of hydrogen-bond donors (Lipinski definition) is 0. The van der Waals surface area contributed by atoms with E-state index in [1.54, 1.807) is 24.3 Å². The van der Waals surface area contributed by atoms with Crippen LogP contribution in [0.25, 0.3) is 0 Å². The number of hydrogen-bond acceptors (Lipinski definition) is 4. The lowest BCUT2D eigenvalue weighted by Gasteiger charge is -2.32. The van der Waals surface area contributed by atoms with Crippen LogP contribution in [0.15, 0.2) is 24.3 Å². The summed E-state index contributed by atoms with van der Waals surface area (Å²) >= 11 is 0. The van der Waals surface area contributed by atoms with Gasteiger partial charge in [0.25, 0.3) is 0 Å². The van der Waals surface area contributed by atoms with Crippen molar-refractivity contribution in [2.45, 2.75) is 38.9 Å². The third-order valence-electron chi connectivity index (χ3n) is 3.26. The minimum Gasteiger partial charge on any atom is -0.405 e. The maximum atomic E-state index is 8.40. The third kappa shape index (κ3) is 3.82. The van der Waals surface area contributed by atoms with Crippen LogP contribution in [0.3, 0.4) is 0 Å². The van der Waals surface area contributed by atoms with Gasteiger partial charge >= 0.3 is 7.69 Å². The molecule has 0 N–H and O–H groups in total. The Hall–Kier alpha value is -1.82. The van der Waals surface area contributed by atoms with E-state index in [0.29, 0.717) is 11.1 Å². The first kappa shape index (κ1) is 15.2. The van der Waals surface area contributed by atoms with Crippen LogP contribution in [0, 0.1) is 22.7 Å². The van der Waals surface area contributed by atoms with Gasteiger partial charge in [-0.2, -0.15) is 10.5 Å². The van der Waals surface area contributed by atoms with Crippen LogP contribution in [-0.4, -0.2) is 18.9 Å². The van der Waals surface area contributed by atoms with Crippen molar-refractivity contribution in [3.8, 4) is 12.1 Å². The molecule has 0 saturated carbocycles. The fourth-order valence-corrected chi connectivity index (χ4v) is 1.21. The van der Waals surface area contributed by atoms with E-state index in [-0.39, 0.29) is 11.2 Å². The summed E-state index contributed by atoms with van der Waals surface area (Å²) < 4.78 is 10.4. The molecule has 97 valence electrons. The Labute approximate surface area is 114 Å². The van der Waals surface area contributed by atoms with Crippen LogP contribution in [-0.2, 0) is 9.31 Å². The van der Waals surface area contributed by atoms with Crippen molar-refractivity contribution in [3.05, 3.63) is 35.4 Å². The topological polar surface area (TPSA) is 66.0 Å². The summed E-state index contributed by atoms with van der Waals surface area (Å²) in [5.41, 5.74) is 0.679. The Morgan fingerprint density at radius 1 is 0.947 bits per heavy atom. The van der Waals surface area contributed by atoms with Crippen LogP contribution >= 0.6 is 0 Å². The molecule has 0 unspecified atom stereocenters. The average Bonchev–Trinajstić information content (AvgIpc) is 2.62. The number of nitrogens with zero attached hydrogens (tertiary/aromatic N) is 2. The largest absolute Gasteiger partial charge is 0.488 e. The molecule has 0 aliphatic carbocycles. The van der Waals surface area contributed by atoms with Gasteiger partial charge in [0.2, 0.25) is 0 Å². The van der Waals surface area contributed by atoms with Crippen LogP contribution < -0.4 is 0 Å². The Kier molecular flexibility index (Phi) is 4.72. The van der Waals surface area contributed by atoms with Crippen molar-refractivity contribution >= 4 is 7.69 Å². The Bertz CT molecular complexity index is 484. The maximum absolute atomic E-state index is 8.40. The minimum atomic E-state index is -0.188. The molecule has 1 saturated heterocycles. The van der Waals surface area contributed by atoms with E-state index in [1.807, 2.05) is 39.8 Å². The lowest BCUT2D eigenvalue weighted by Crippen LogP contribution is -2.41. The standard InChI is InChI=1S/C8H4N2.C6H12BO2/c9-5-7-2-1-3-8(4-7)6-10;1-5(2)6(3,4)9-7-8-5/h1-4H;1-4H3. The van der Waals surface area contributed by atoms with Crippen molar-refractivity contribution in [3.63, 3.8) is 0 Å². The molecule has 0 atom stereocenters. The number of benzene rings is 1. The first-order valence-corrected chi connectivity index (χ1v) is 5.90. The fourth-order valence-electron chi connectivity index (χ4n) is 1.21. The van der Waals surface area contributed by atoms with E-state index in [4.69, 9.17) is 19.8 Å². The van der Waals surface area contributed by atoms with Crippen LogP contribution in [0.5, 0.6) is 0 Å². The molecule has 1 aliphatic rings. The minimum absolute atomic E-state index is 0.187. The van der Waals surface area contributed by atoms with E-state index >= 15 is 0 Å². The summed E-state index contributed by atoms with van der Waals surface area (Å²) in [4.78, 5) is 0. The van der Waals surface area contributed by atoms with Gasteiger partial charge in [0.1, 0.15) is 0 Å². The maximum Gasteiger partial charge on any atom is 0.488 e. The summed E-state index contributed by atoms with van der Waals surface area (Å²) in [7, 11) is 1.42. The quantitative estimate of drug-likeness (QED) is 0.668. The lowest BCUT2D eigenvalue weighted by atomic mass is 9.90. The second kappa shape index (κ2) is 5.88. The highest BCUT2D eigenvalue weighted by molar-refractivity contribution is 6.19. The number of rotatable bonds is 0. The van der Waals surface area contributed by atoms with Crippen LogP contribution in [0.2, 0.25) is 0 Å². The summed E-state index contributed by atoms with van der Waals surface area (Å²) in [5.74, 6) is 0. The molecule has 1 aromatic rings. The Morgan fingerprint density at radius 2 is 1.37 bits per heavy atom. The van der Waals surface area contributed by atoms with Crippen molar-refractivity contribution < 1.29 is 9.31 Å². The van der Waals surface area contributed by atoms with Gasteiger partial charge in [-0.15, -0.1) is 0 Å². The van der Waals surface area contributed by atoms with Gasteiger partial charge in [-0.25, -0.2) is 0 Å². The van der Waals surface area contributed by atoms with Crippen LogP contribution in [0.1, 0.15) is 38.8 Å². The molecule has 1 aliphatic heterocycles. The summed E-state index contributed by atoms with van der Waals surface area (Å²) in [6.45, 7) is 8.04. The highest BCUT2D eigenvalue weighted by Crippen LogP contribution is 2.33. The molecular formula is C14H16BN2O2. The zero-order chi connectivity index (χ0) is 14.5. The van der Waals surface area contributed by atoms with Gasteiger partial charge in [-0.3, -0.25) is 0 Å². The van der Waals surface area contributed by atoms with E-state index in [9.17, 15) is 0 Å². The molecule has 5 heteroatoms. The molecule has 0 amide bonds. The average molecular weight is 255 g/mol. The summed E-state index contributed by atoms with van der Waals surface area (Å²) in [5, 5.41) is 16.8. The van der Waals surface area contributed by atoms with E-state index in [0.717, 1.165) is 0 Å². The van der Waals surface area contributed by atoms with Crippen molar-refractivity contribution in [2.24, 2.45) is 0 Å². The normalized spacial score (nSPS) is 18.2. The molecule has 1 fully saturated rings. The monoisotopic (exact) mass is 255 g/mol. The highest BCUT2D eigenvalue weighted by Gasteiger charge is 2.44. The zero-order valence-electron chi connectivity index (χ0n) is 11.6. The molecule has 4 nitrogen and oxygen atoms in total. The van der Waals surface area contributed by atoms with Gasteiger partial charge < -0.3 is 9.31 Å². The summed E-state index contributed by atoms with van der Waals surface area (Å²) in [6.07, 6.45) is 0. The highest BCUT2D eigenvalue weighted by atomic mass is 16.7. The summed E-state index contributed by atoms with van der Waals surface area (Å²) in [6, 6.07) is 10.5. The molecule has 1 radical (unpaired) electrons. The van der Waals surface area contributed by atoms with Gasteiger partial charge in [0.15, 0.2) is 0 Å². The SMILES string of the molecule is CC1(C)O[B]OC1(C)C.N#Cc1cccc(C#N)c1. The Morgan fingerprint density at radius 3 is 1.63 bits per heavy atom. The number of nitriles is 2. The van der Waals surface area contributed by atoms with Gasteiger partial charge in [-0.05, 0) is 45.9 Å². The lowest BCUT2D eigenvalue weighted by molar-refractivity contribution is 0.00578. The predicted octanol–water partition coefficient (Wildman–Crippen LogP) is 2.55. The second-order valence-electron chi connectivity index (χ2n) is 5.16. The van der Waals surface area contributed by atoms with E-state index < -0.39 is 0 Å². The van der Waals surface area contributed by atoms with Crippen LogP contribution in [0.4, 0.5) is 0 Å². The smallest absolute Gasteiger partial charge is 0.405 e. The predicted molar refractivity (Wildman–Crippen MR) is 72.0 cm³/mol. The Balaban J connectivity index is 0.000000191. The second-order valence-corrected chi connectivity index (χ2v) is 5.16. The van der Waals surface area contributed by atoms with E-state index in [2.05, 4.69) is 0 Å². The van der Waals surface area contributed by atoms with Crippen molar-refractivity contribution in [2.75, 3.05) is 0 Å². The van der Waals surface area contributed by atoms with Gasteiger partial charge in [0.05, 0.1) is 34.5 Å². The van der Waals surface area contributed by atoms with E-state index in [1.165, 1.54) is 7.69 Å².